The number of amides is 1. The Labute approximate surface area is 183 Å². The molecule has 0 bridgehead atoms. The molecule has 2 aromatic carbocycles. The lowest BCUT2D eigenvalue weighted by Gasteiger charge is -2.31. The summed E-state index contributed by atoms with van der Waals surface area (Å²) in [5.41, 5.74) is 3.84. The van der Waals surface area contributed by atoms with Gasteiger partial charge in [0.05, 0.1) is 17.0 Å². The van der Waals surface area contributed by atoms with Crippen LogP contribution < -0.4 is 10.6 Å². The third-order valence-corrected chi connectivity index (χ3v) is 6.02. The molecule has 0 radical (unpaired) electrons. The van der Waals surface area contributed by atoms with Crippen LogP contribution in [0.3, 0.4) is 0 Å². The van der Waals surface area contributed by atoms with Crippen molar-refractivity contribution < 1.29 is 4.79 Å². The van der Waals surface area contributed by atoms with E-state index in [1.54, 1.807) is 12.4 Å². The van der Waals surface area contributed by atoms with Crippen LogP contribution in [0.25, 0.3) is 0 Å². The van der Waals surface area contributed by atoms with Crippen LogP contribution in [0.4, 0.5) is 11.4 Å². The van der Waals surface area contributed by atoms with Gasteiger partial charge in [0, 0.05) is 30.3 Å². The second-order valence-corrected chi connectivity index (χ2v) is 8.04. The minimum absolute atomic E-state index is 0.168. The van der Waals surface area contributed by atoms with E-state index in [9.17, 15) is 10.1 Å². The summed E-state index contributed by atoms with van der Waals surface area (Å²) >= 11 is 0. The van der Waals surface area contributed by atoms with Crippen LogP contribution in [0, 0.1) is 11.3 Å². The van der Waals surface area contributed by atoms with Crippen LogP contribution in [0.1, 0.15) is 53.6 Å². The lowest BCUT2D eigenvalue weighted by atomic mass is 9.70. The summed E-state index contributed by atoms with van der Waals surface area (Å²) in [5, 5.41) is 16.1. The summed E-state index contributed by atoms with van der Waals surface area (Å²) in [7, 11) is 0. The Balaban J connectivity index is 1.46. The Kier molecular flexibility index (Phi) is 6.28. The molecule has 156 valence electrons. The van der Waals surface area contributed by atoms with Gasteiger partial charge in [-0.05, 0) is 60.4 Å². The number of para-hydroxylation sites is 1. The smallest absolute Gasteiger partial charge is 0.257 e. The van der Waals surface area contributed by atoms with Gasteiger partial charge in [-0.2, -0.15) is 5.26 Å². The number of aromatic nitrogens is 1. The van der Waals surface area contributed by atoms with Crippen molar-refractivity contribution in [2.45, 2.75) is 44.1 Å². The Hall–Kier alpha value is -3.65. The van der Waals surface area contributed by atoms with Gasteiger partial charge in [-0.3, -0.25) is 9.78 Å². The molecule has 1 aliphatic carbocycles. The Morgan fingerprint density at radius 2 is 1.68 bits per heavy atom. The van der Waals surface area contributed by atoms with E-state index in [2.05, 4.69) is 21.7 Å². The maximum atomic E-state index is 12.9. The lowest BCUT2D eigenvalue weighted by Crippen LogP contribution is -2.27. The van der Waals surface area contributed by atoms with Gasteiger partial charge >= 0.3 is 0 Å². The molecule has 1 saturated carbocycles. The molecule has 1 aromatic heterocycles. The molecular formula is C26H26N4O. The number of benzene rings is 2. The number of nitrogens with zero attached hydrogens (tertiary/aromatic N) is 2. The predicted octanol–water partition coefficient (Wildman–Crippen LogP) is 5.67. The van der Waals surface area contributed by atoms with Crippen molar-refractivity contribution in [2.24, 2.45) is 0 Å². The lowest BCUT2D eigenvalue weighted by molar-refractivity contribution is 0.102. The van der Waals surface area contributed by atoms with Crippen LogP contribution in [0.2, 0.25) is 0 Å². The van der Waals surface area contributed by atoms with Gasteiger partial charge in [0.1, 0.15) is 0 Å². The largest absolute Gasteiger partial charge is 0.380 e. The molecule has 0 unspecified atom stereocenters. The van der Waals surface area contributed by atoms with E-state index in [1.807, 2.05) is 60.7 Å². The standard InChI is InChI=1S/C26H26N4O/c27-19-26(14-4-1-5-15-26)21-8-10-22(11-9-21)30-25(31)23-6-2-3-7-24(23)29-18-20-12-16-28-17-13-20/h2-3,6-13,16-17,29H,1,4-5,14-15,18H2,(H,30,31). The Bertz CT molecular complexity index is 1060. The number of hydrogen-bond acceptors (Lipinski definition) is 4. The van der Waals surface area contributed by atoms with Crippen LogP contribution >= 0.6 is 0 Å². The van der Waals surface area contributed by atoms with Crippen molar-refractivity contribution in [1.29, 1.82) is 5.26 Å². The molecule has 0 atom stereocenters. The molecule has 3 aromatic rings. The molecule has 1 amide bonds. The maximum Gasteiger partial charge on any atom is 0.257 e. The van der Waals surface area contributed by atoms with Crippen LogP contribution in [-0.2, 0) is 12.0 Å². The zero-order valence-electron chi connectivity index (χ0n) is 17.5. The van der Waals surface area contributed by atoms with Gasteiger partial charge in [0.15, 0.2) is 0 Å². The average Bonchev–Trinajstić information content (AvgIpc) is 2.84. The van der Waals surface area contributed by atoms with Gasteiger partial charge in [-0.25, -0.2) is 0 Å². The van der Waals surface area contributed by atoms with Crippen molar-refractivity contribution >= 4 is 17.3 Å². The van der Waals surface area contributed by atoms with E-state index >= 15 is 0 Å². The molecule has 2 N–H and O–H groups in total. The monoisotopic (exact) mass is 410 g/mol. The summed E-state index contributed by atoms with van der Waals surface area (Å²) in [5.74, 6) is -0.168. The first-order valence-corrected chi connectivity index (χ1v) is 10.8. The molecule has 1 fully saturated rings. The van der Waals surface area contributed by atoms with Crippen LogP contribution in [0.15, 0.2) is 73.1 Å². The van der Waals surface area contributed by atoms with Gasteiger partial charge in [-0.15, -0.1) is 0 Å². The van der Waals surface area contributed by atoms with Gasteiger partial charge < -0.3 is 10.6 Å². The molecule has 4 rings (SSSR count). The first kappa shape index (κ1) is 20.6. The Morgan fingerprint density at radius 1 is 0.968 bits per heavy atom. The summed E-state index contributed by atoms with van der Waals surface area (Å²) in [4.78, 5) is 17.0. The zero-order valence-corrected chi connectivity index (χ0v) is 17.5. The molecule has 0 aliphatic heterocycles. The summed E-state index contributed by atoms with van der Waals surface area (Å²) < 4.78 is 0. The van der Waals surface area contributed by atoms with Crippen LogP contribution in [0.5, 0.6) is 0 Å². The zero-order chi connectivity index (χ0) is 21.5. The Morgan fingerprint density at radius 3 is 2.39 bits per heavy atom. The molecular weight excluding hydrogens is 384 g/mol. The fourth-order valence-electron chi connectivity index (χ4n) is 4.22. The number of carbonyl (C=O) groups is 1. The molecule has 0 saturated heterocycles. The molecule has 0 spiro atoms. The van der Waals surface area contributed by atoms with Crippen molar-refractivity contribution in [3.8, 4) is 6.07 Å². The molecule has 5 nitrogen and oxygen atoms in total. The SMILES string of the molecule is N#CC1(c2ccc(NC(=O)c3ccccc3NCc3ccncc3)cc2)CCCCC1. The van der Waals surface area contributed by atoms with Crippen molar-refractivity contribution in [3.05, 3.63) is 89.7 Å². The van der Waals surface area contributed by atoms with E-state index < -0.39 is 0 Å². The van der Waals surface area contributed by atoms with E-state index in [-0.39, 0.29) is 11.3 Å². The topological polar surface area (TPSA) is 77.8 Å². The number of nitrogens with one attached hydrogen (secondary N) is 2. The quantitative estimate of drug-likeness (QED) is 0.549. The predicted molar refractivity (Wildman–Crippen MR) is 123 cm³/mol. The third kappa shape index (κ3) is 4.75. The molecule has 31 heavy (non-hydrogen) atoms. The minimum Gasteiger partial charge on any atom is -0.380 e. The number of hydrogen-bond donors (Lipinski definition) is 2. The molecule has 1 aliphatic rings. The van der Waals surface area contributed by atoms with Crippen molar-refractivity contribution in [3.63, 3.8) is 0 Å². The van der Waals surface area contributed by atoms with Crippen molar-refractivity contribution in [2.75, 3.05) is 10.6 Å². The maximum absolute atomic E-state index is 12.9. The average molecular weight is 411 g/mol. The number of anilines is 2. The minimum atomic E-state index is -0.385. The summed E-state index contributed by atoms with van der Waals surface area (Å²) in [6.45, 7) is 0.609. The first-order chi connectivity index (χ1) is 15.2. The highest BCUT2D eigenvalue weighted by Gasteiger charge is 2.33. The van der Waals surface area contributed by atoms with Gasteiger partial charge in [0.25, 0.3) is 5.91 Å². The summed E-state index contributed by atoms with van der Waals surface area (Å²) in [6, 6.07) is 21.7. The number of carbonyl (C=O) groups excluding carboxylic acids is 1. The second-order valence-electron chi connectivity index (χ2n) is 8.04. The number of nitriles is 1. The van der Waals surface area contributed by atoms with E-state index in [1.165, 1.54) is 6.42 Å². The highest BCUT2D eigenvalue weighted by Crippen LogP contribution is 2.39. The summed E-state index contributed by atoms with van der Waals surface area (Å²) in [6.07, 6.45) is 8.71. The van der Waals surface area contributed by atoms with E-state index in [4.69, 9.17) is 0 Å². The highest BCUT2D eigenvalue weighted by atomic mass is 16.1. The molecule has 1 heterocycles. The normalized spacial score (nSPS) is 14.9. The van der Waals surface area contributed by atoms with Gasteiger partial charge in [-0.1, -0.05) is 43.5 Å². The van der Waals surface area contributed by atoms with E-state index in [0.29, 0.717) is 12.1 Å². The fraction of sp³-hybridized carbons (Fsp3) is 0.269. The molecule has 5 heteroatoms. The fourth-order valence-corrected chi connectivity index (χ4v) is 4.22. The second kappa shape index (κ2) is 9.44. The number of rotatable bonds is 6. The number of pyridine rings is 1. The highest BCUT2D eigenvalue weighted by molar-refractivity contribution is 6.08. The first-order valence-electron chi connectivity index (χ1n) is 10.8. The van der Waals surface area contributed by atoms with Crippen molar-refractivity contribution in [1.82, 2.24) is 4.98 Å². The van der Waals surface area contributed by atoms with Gasteiger partial charge in [0.2, 0.25) is 0 Å². The van der Waals surface area contributed by atoms with E-state index in [0.717, 1.165) is 48.2 Å². The third-order valence-electron chi connectivity index (χ3n) is 6.02. The van der Waals surface area contributed by atoms with Crippen LogP contribution in [-0.4, -0.2) is 10.9 Å².